The standard InChI is InChI=1S/C10H15N3O/c14-7-11-10-3-1-8(2-4-10)9-5-12-13-6-9/h5-8,10H,1-4H2,(H,11,14)(H,12,13). The van der Waals surface area contributed by atoms with Crippen LogP contribution in [0.4, 0.5) is 0 Å². The molecule has 1 aromatic heterocycles. The molecular formula is C10H15N3O. The minimum Gasteiger partial charge on any atom is -0.356 e. The van der Waals surface area contributed by atoms with Crippen molar-refractivity contribution in [1.82, 2.24) is 15.5 Å². The summed E-state index contributed by atoms with van der Waals surface area (Å²) in [5.74, 6) is 0.624. The van der Waals surface area contributed by atoms with E-state index in [9.17, 15) is 4.79 Å². The normalized spacial score (nSPS) is 27.1. The molecule has 0 atom stereocenters. The van der Waals surface area contributed by atoms with Crippen molar-refractivity contribution in [2.75, 3.05) is 0 Å². The van der Waals surface area contributed by atoms with Gasteiger partial charge in [-0.25, -0.2) is 0 Å². The van der Waals surface area contributed by atoms with Gasteiger partial charge in [-0.05, 0) is 37.2 Å². The number of amides is 1. The van der Waals surface area contributed by atoms with Gasteiger partial charge in [-0.3, -0.25) is 9.89 Å². The van der Waals surface area contributed by atoms with Crippen LogP contribution >= 0.6 is 0 Å². The number of rotatable bonds is 3. The molecule has 0 aliphatic heterocycles. The fourth-order valence-electron chi connectivity index (χ4n) is 2.17. The second-order valence-electron chi connectivity index (χ2n) is 3.86. The predicted octanol–water partition coefficient (Wildman–Crippen LogP) is 1.18. The smallest absolute Gasteiger partial charge is 0.207 e. The van der Waals surface area contributed by atoms with E-state index in [1.807, 2.05) is 12.4 Å². The first-order chi connectivity index (χ1) is 6.90. The quantitative estimate of drug-likeness (QED) is 0.708. The van der Waals surface area contributed by atoms with Gasteiger partial charge in [-0.2, -0.15) is 5.10 Å². The van der Waals surface area contributed by atoms with Crippen LogP contribution in [0.5, 0.6) is 0 Å². The molecule has 2 N–H and O–H groups in total. The monoisotopic (exact) mass is 193 g/mol. The second kappa shape index (κ2) is 4.26. The van der Waals surface area contributed by atoms with E-state index in [1.54, 1.807) is 0 Å². The van der Waals surface area contributed by atoms with Crippen LogP contribution in [0, 0.1) is 0 Å². The summed E-state index contributed by atoms with van der Waals surface area (Å²) in [5.41, 5.74) is 1.30. The van der Waals surface area contributed by atoms with Gasteiger partial charge in [0.1, 0.15) is 0 Å². The summed E-state index contributed by atoms with van der Waals surface area (Å²) in [6.07, 6.45) is 9.12. The molecule has 1 fully saturated rings. The maximum absolute atomic E-state index is 10.3. The number of carbonyl (C=O) groups is 1. The summed E-state index contributed by atoms with van der Waals surface area (Å²) in [4.78, 5) is 10.3. The first kappa shape index (κ1) is 9.24. The minimum atomic E-state index is 0.385. The Morgan fingerprint density at radius 3 is 2.79 bits per heavy atom. The van der Waals surface area contributed by atoms with Crippen molar-refractivity contribution in [3.63, 3.8) is 0 Å². The van der Waals surface area contributed by atoms with Gasteiger partial charge in [0.2, 0.25) is 6.41 Å². The molecule has 14 heavy (non-hydrogen) atoms. The topological polar surface area (TPSA) is 57.8 Å². The van der Waals surface area contributed by atoms with E-state index in [0.29, 0.717) is 12.0 Å². The molecule has 0 aromatic carbocycles. The van der Waals surface area contributed by atoms with E-state index >= 15 is 0 Å². The van der Waals surface area contributed by atoms with Crippen LogP contribution in [0.15, 0.2) is 12.4 Å². The molecule has 0 bridgehead atoms. The molecule has 0 spiro atoms. The Kier molecular flexibility index (Phi) is 2.81. The van der Waals surface area contributed by atoms with Gasteiger partial charge in [0.15, 0.2) is 0 Å². The Labute approximate surface area is 83.1 Å². The lowest BCUT2D eigenvalue weighted by molar-refractivity contribution is -0.110. The third kappa shape index (κ3) is 1.95. The van der Waals surface area contributed by atoms with Gasteiger partial charge in [-0.15, -0.1) is 0 Å². The molecule has 1 saturated carbocycles. The predicted molar refractivity (Wildman–Crippen MR) is 52.8 cm³/mol. The number of hydrogen-bond donors (Lipinski definition) is 2. The minimum absolute atomic E-state index is 0.385. The molecular weight excluding hydrogens is 178 g/mol. The summed E-state index contributed by atoms with van der Waals surface area (Å²) >= 11 is 0. The van der Waals surface area contributed by atoms with Crippen LogP contribution in [0.3, 0.4) is 0 Å². The summed E-state index contributed by atoms with van der Waals surface area (Å²) < 4.78 is 0. The van der Waals surface area contributed by atoms with E-state index in [2.05, 4.69) is 15.5 Å². The molecule has 2 rings (SSSR count). The van der Waals surface area contributed by atoms with Crippen molar-refractivity contribution in [1.29, 1.82) is 0 Å². The number of aromatic amines is 1. The second-order valence-corrected chi connectivity index (χ2v) is 3.86. The van der Waals surface area contributed by atoms with E-state index in [-0.39, 0.29) is 0 Å². The van der Waals surface area contributed by atoms with E-state index in [4.69, 9.17) is 0 Å². The first-order valence-corrected chi connectivity index (χ1v) is 5.08. The zero-order valence-corrected chi connectivity index (χ0v) is 8.07. The summed E-state index contributed by atoms with van der Waals surface area (Å²) in [6.45, 7) is 0. The highest BCUT2D eigenvalue weighted by molar-refractivity contribution is 5.46. The van der Waals surface area contributed by atoms with Crippen molar-refractivity contribution in [3.05, 3.63) is 18.0 Å². The average Bonchev–Trinajstić information content (AvgIpc) is 2.72. The van der Waals surface area contributed by atoms with Crippen LogP contribution in [0.2, 0.25) is 0 Å². The molecule has 1 aliphatic carbocycles. The van der Waals surface area contributed by atoms with Gasteiger partial charge in [0, 0.05) is 12.2 Å². The molecule has 0 unspecified atom stereocenters. The maximum atomic E-state index is 10.3. The van der Waals surface area contributed by atoms with E-state index in [1.165, 1.54) is 5.56 Å². The summed E-state index contributed by atoms with van der Waals surface area (Å²) in [7, 11) is 0. The number of hydrogen-bond acceptors (Lipinski definition) is 2. The van der Waals surface area contributed by atoms with E-state index < -0.39 is 0 Å². The van der Waals surface area contributed by atoms with Crippen LogP contribution in [0.1, 0.15) is 37.2 Å². The Morgan fingerprint density at radius 1 is 1.43 bits per heavy atom. The lowest BCUT2D eigenvalue weighted by Crippen LogP contribution is -2.31. The highest BCUT2D eigenvalue weighted by Crippen LogP contribution is 2.31. The Bertz CT molecular complexity index is 276. The van der Waals surface area contributed by atoms with Crippen molar-refractivity contribution < 1.29 is 4.79 Å². The van der Waals surface area contributed by atoms with Crippen LogP contribution in [-0.4, -0.2) is 22.6 Å². The van der Waals surface area contributed by atoms with Gasteiger partial charge < -0.3 is 5.32 Å². The third-order valence-corrected chi connectivity index (χ3v) is 3.02. The lowest BCUT2D eigenvalue weighted by atomic mass is 9.83. The molecule has 4 heteroatoms. The molecule has 0 saturated heterocycles. The van der Waals surface area contributed by atoms with Crippen molar-refractivity contribution in [2.45, 2.75) is 37.6 Å². The molecule has 1 amide bonds. The number of nitrogens with one attached hydrogen (secondary N) is 2. The van der Waals surface area contributed by atoms with E-state index in [0.717, 1.165) is 32.1 Å². The average molecular weight is 193 g/mol. The zero-order valence-electron chi connectivity index (χ0n) is 8.07. The van der Waals surface area contributed by atoms with Crippen LogP contribution in [-0.2, 0) is 4.79 Å². The van der Waals surface area contributed by atoms with Crippen molar-refractivity contribution in [3.8, 4) is 0 Å². The molecule has 1 aromatic rings. The highest BCUT2D eigenvalue weighted by atomic mass is 16.1. The van der Waals surface area contributed by atoms with Crippen molar-refractivity contribution >= 4 is 6.41 Å². The number of carbonyl (C=O) groups excluding carboxylic acids is 1. The number of nitrogens with zero attached hydrogens (tertiary/aromatic N) is 1. The van der Waals surface area contributed by atoms with Gasteiger partial charge >= 0.3 is 0 Å². The van der Waals surface area contributed by atoms with Gasteiger partial charge in [0.05, 0.1) is 6.20 Å². The summed E-state index contributed by atoms with van der Waals surface area (Å²) in [5, 5.41) is 9.64. The Balaban J connectivity index is 1.87. The van der Waals surface area contributed by atoms with Crippen LogP contribution < -0.4 is 5.32 Å². The zero-order chi connectivity index (χ0) is 9.80. The Morgan fingerprint density at radius 2 is 2.21 bits per heavy atom. The van der Waals surface area contributed by atoms with Crippen LogP contribution in [0.25, 0.3) is 0 Å². The van der Waals surface area contributed by atoms with Crippen molar-refractivity contribution in [2.24, 2.45) is 0 Å². The maximum Gasteiger partial charge on any atom is 0.207 e. The first-order valence-electron chi connectivity index (χ1n) is 5.08. The lowest BCUT2D eigenvalue weighted by Gasteiger charge is -2.27. The summed E-state index contributed by atoms with van der Waals surface area (Å²) in [6, 6.07) is 0.385. The SMILES string of the molecule is O=CNC1CCC(c2cn[nH]c2)CC1. The fourth-order valence-corrected chi connectivity index (χ4v) is 2.17. The van der Waals surface area contributed by atoms with Gasteiger partial charge in [-0.1, -0.05) is 0 Å². The third-order valence-electron chi connectivity index (χ3n) is 3.02. The molecule has 0 radical (unpaired) electrons. The largest absolute Gasteiger partial charge is 0.356 e. The number of H-pyrrole nitrogens is 1. The highest BCUT2D eigenvalue weighted by Gasteiger charge is 2.22. The van der Waals surface area contributed by atoms with Gasteiger partial charge in [0.25, 0.3) is 0 Å². The molecule has 76 valence electrons. The molecule has 1 heterocycles. The fraction of sp³-hybridized carbons (Fsp3) is 0.600. The Hall–Kier alpha value is -1.32. The molecule has 1 aliphatic rings. The molecule has 4 nitrogen and oxygen atoms in total. The number of aromatic nitrogens is 2.